The average Bonchev–Trinajstić information content (AvgIpc) is 2.41. The Hall–Kier alpha value is -1.36. The fourth-order valence-corrected chi connectivity index (χ4v) is 2.29. The van der Waals surface area contributed by atoms with Crippen LogP contribution >= 0.6 is 0 Å². The van der Waals surface area contributed by atoms with Crippen molar-refractivity contribution < 1.29 is 4.74 Å². The minimum Gasteiger partial charge on any atom is -0.474 e. The third-order valence-corrected chi connectivity index (χ3v) is 3.44. The van der Waals surface area contributed by atoms with Crippen LogP contribution < -0.4 is 10.1 Å². The Labute approximate surface area is 109 Å². The van der Waals surface area contributed by atoms with Gasteiger partial charge in [0.2, 0.25) is 5.88 Å². The molecule has 100 valence electrons. The van der Waals surface area contributed by atoms with Gasteiger partial charge in [0.15, 0.2) is 0 Å². The SMILES string of the molecule is CCc1c(NC)ncnc1OC1CCN(C)CC1. The summed E-state index contributed by atoms with van der Waals surface area (Å²) in [6, 6.07) is 0. The van der Waals surface area contributed by atoms with E-state index in [0.29, 0.717) is 0 Å². The normalized spacial score (nSPS) is 17.7. The molecule has 1 N–H and O–H groups in total. The van der Waals surface area contributed by atoms with Gasteiger partial charge >= 0.3 is 0 Å². The summed E-state index contributed by atoms with van der Waals surface area (Å²) in [5.41, 5.74) is 1.07. The molecule has 5 heteroatoms. The molecule has 0 unspecified atom stereocenters. The lowest BCUT2D eigenvalue weighted by molar-refractivity contribution is 0.109. The first-order valence-corrected chi connectivity index (χ1v) is 6.61. The Bertz CT molecular complexity index is 389. The smallest absolute Gasteiger partial charge is 0.222 e. The van der Waals surface area contributed by atoms with E-state index < -0.39 is 0 Å². The molecular formula is C13H22N4O. The van der Waals surface area contributed by atoms with E-state index in [-0.39, 0.29) is 6.10 Å². The summed E-state index contributed by atoms with van der Waals surface area (Å²) in [7, 11) is 4.03. The molecule has 2 heterocycles. The van der Waals surface area contributed by atoms with Gasteiger partial charge in [0, 0.05) is 20.1 Å². The van der Waals surface area contributed by atoms with Crippen LogP contribution in [-0.2, 0) is 6.42 Å². The van der Waals surface area contributed by atoms with E-state index in [0.717, 1.165) is 49.6 Å². The fraction of sp³-hybridized carbons (Fsp3) is 0.692. The quantitative estimate of drug-likeness (QED) is 0.878. The number of nitrogens with one attached hydrogen (secondary N) is 1. The largest absolute Gasteiger partial charge is 0.474 e. The van der Waals surface area contributed by atoms with Crippen molar-refractivity contribution in [1.29, 1.82) is 0 Å². The highest BCUT2D eigenvalue weighted by Gasteiger charge is 2.20. The molecule has 2 rings (SSSR count). The molecule has 0 bridgehead atoms. The Morgan fingerprint density at radius 2 is 2.11 bits per heavy atom. The number of rotatable bonds is 4. The zero-order valence-corrected chi connectivity index (χ0v) is 11.4. The van der Waals surface area contributed by atoms with Crippen LogP contribution in [0, 0.1) is 0 Å². The van der Waals surface area contributed by atoms with Crippen molar-refractivity contribution in [2.45, 2.75) is 32.3 Å². The second kappa shape index (κ2) is 6.00. The Morgan fingerprint density at radius 3 is 2.72 bits per heavy atom. The fourth-order valence-electron chi connectivity index (χ4n) is 2.29. The van der Waals surface area contributed by atoms with Crippen molar-refractivity contribution in [3.8, 4) is 5.88 Å². The van der Waals surface area contributed by atoms with Crippen molar-refractivity contribution in [3.63, 3.8) is 0 Å². The molecule has 18 heavy (non-hydrogen) atoms. The van der Waals surface area contributed by atoms with Crippen molar-refractivity contribution in [1.82, 2.24) is 14.9 Å². The van der Waals surface area contributed by atoms with Crippen LogP contribution in [0.4, 0.5) is 5.82 Å². The topological polar surface area (TPSA) is 50.3 Å². The van der Waals surface area contributed by atoms with Gasteiger partial charge in [0.25, 0.3) is 0 Å². The zero-order valence-electron chi connectivity index (χ0n) is 11.4. The van der Waals surface area contributed by atoms with E-state index in [1.807, 2.05) is 7.05 Å². The van der Waals surface area contributed by atoms with Gasteiger partial charge in [0.05, 0.1) is 5.56 Å². The molecule has 1 aromatic heterocycles. The highest BCUT2D eigenvalue weighted by Crippen LogP contribution is 2.25. The number of piperidine rings is 1. The third kappa shape index (κ3) is 2.90. The van der Waals surface area contributed by atoms with Gasteiger partial charge < -0.3 is 15.0 Å². The van der Waals surface area contributed by atoms with Crippen molar-refractivity contribution in [2.75, 3.05) is 32.5 Å². The first-order chi connectivity index (χ1) is 8.74. The molecule has 0 aliphatic carbocycles. The molecule has 0 radical (unpaired) electrons. The van der Waals surface area contributed by atoms with E-state index in [9.17, 15) is 0 Å². The lowest BCUT2D eigenvalue weighted by atomic mass is 10.1. The highest BCUT2D eigenvalue weighted by molar-refractivity contribution is 5.48. The van der Waals surface area contributed by atoms with Crippen molar-refractivity contribution in [2.24, 2.45) is 0 Å². The summed E-state index contributed by atoms with van der Waals surface area (Å²) in [5.74, 6) is 1.61. The van der Waals surface area contributed by atoms with Gasteiger partial charge in [-0.05, 0) is 26.3 Å². The molecule has 1 aromatic rings. The first-order valence-electron chi connectivity index (χ1n) is 6.61. The number of likely N-dealkylation sites (tertiary alicyclic amines) is 1. The van der Waals surface area contributed by atoms with Gasteiger partial charge in [-0.2, -0.15) is 0 Å². The van der Waals surface area contributed by atoms with Crippen LogP contribution in [0.2, 0.25) is 0 Å². The second-order valence-corrected chi connectivity index (χ2v) is 4.73. The van der Waals surface area contributed by atoms with Crippen LogP contribution in [0.25, 0.3) is 0 Å². The van der Waals surface area contributed by atoms with E-state index in [2.05, 4.69) is 34.2 Å². The summed E-state index contributed by atoms with van der Waals surface area (Å²) in [4.78, 5) is 10.8. The molecule has 0 amide bonds. The lowest BCUT2D eigenvalue weighted by Crippen LogP contribution is -2.36. The maximum absolute atomic E-state index is 6.05. The predicted molar refractivity (Wildman–Crippen MR) is 72.1 cm³/mol. The number of nitrogens with zero attached hydrogens (tertiary/aromatic N) is 3. The predicted octanol–water partition coefficient (Wildman–Crippen LogP) is 1.55. The molecule has 1 saturated heterocycles. The molecule has 5 nitrogen and oxygen atoms in total. The average molecular weight is 250 g/mol. The maximum Gasteiger partial charge on any atom is 0.222 e. The van der Waals surface area contributed by atoms with E-state index >= 15 is 0 Å². The van der Waals surface area contributed by atoms with Crippen molar-refractivity contribution >= 4 is 5.82 Å². The zero-order chi connectivity index (χ0) is 13.0. The molecule has 1 aliphatic rings. The molecule has 1 aliphatic heterocycles. The summed E-state index contributed by atoms with van der Waals surface area (Å²) in [5, 5.41) is 3.09. The molecule has 0 spiro atoms. The number of ether oxygens (including phenoxy) is 1. The molecule has 0 atom stereocenters. The minimum absolute atomic E-state index is 0.283. The minimum atomic E-state index is 0.283. The van der Waals surface area contributed by atoms with Gasteiger partial charge in [-0.15, -0.1) is 0 Å². The van der Waals surface area contributed by atoms with Gasteiger partial charge in [0.1, 0.15) is 18.2 Å². The summed E-state index contributed by atoms with van der Waals surface area (Å²) < 4.78 is 6.05. The Morgan fingerprint density at radius 1 is 1.39 bits per heavy atom. The number of aromatic nitrogens is 2. The van der Waals surface area contributed by atoms with E-state index in [1.54, 1.807) is 6.33 Å². The molecular weight excluding hydrogens is 228 g/mol. The number of hydrogen-bond acceptors (Lipinski definition) is 5. The third-order valence-electron chi connectivity index (χ3n) is 3.44. The number of hydrogen-bond donors (Lipinski definition) is 1. The standard InChI is InChI=1S/C13H22N4O/c1-4-11-12(14-2)15-9-16-13(11)18-10-5-7-17(3)8-6-10/h9-10H,4-8H2,1-3H3,(H,14,15,16). The van der Waals surface area contributed by atoms with Crippen LogP contribution in [0.3, 0.4) is 0 Å². The summed E-state index contributed by atoms with van der Waals surface area (Å²) >= 11 is 0. The first kappa shape index (κ1) is 13.1. The maximum atomic E-state index is 6.05. The Balaban J connectivity index is 2.09. The van der Waals surface area contributed by atoms with Crippen LogP contribution in [-0.4, -0.2) is 48.2 Å². The Kier molecular flexibility index (Phi) is 4.36. The lowest BCUT2D eigenvalue weighted by Gasteiger charge is -2.29. The molecule has 0 aromatic carbocycles. The van der Waals surface area contributed by atoms with Crippen LogP contribution in [0.15, 0.2) is 6.33 Å². The van der Waals surface area contributed by atoms with Crippen LogP contribution in [0.1, 0.15) is 25.3 Å². The molecule has 0 saturated carbocycles. The van der Waals surface area contributed by atoms with Crippen LogP contribution in [0.5, 0.6) is 5.88 Å². The van der Waals surface area contributed by atoms with E-state index in [4.69, 9.17) is 4.74 Å². The second-order valence-electron chi connectivity index (χ2n) is 4.73. The number of anilines is 1. The van der Waals surface area contributed by atoms with Crippen molar-refractivity contribution in [3.05, 3.63) is 11.9 Å². The monoisotopic (exact) mass is 250 g/mol. The summed E-state index contributed by atoms with van der Waals surface area (Å²) in [6.07, 6.45) is 4.86. The van der Waals surface area contributed by atoms with Gasteiger partial charge in [-0.25, -0.2) is 9.97 Å². The highest BCUT2D eigenvalue weighted by atomic mass is 16.5. The van der Waals surface area contributed by atoms with E-state index in [1.165, 1.54) is 0 Å². The molecule has 1 fully saturated rings. The van der Waals surface area contributed by atoms with Gasteiger partial charge in [-0.1, -0.05) is 6.92 Å². The summed E-state index contributed by atoms with van der Waals surface area (Å²) in [6.45, 7) is 4.28. The van der Waals surface area contributed by atoms with Gasteiger partial charge in [-0.3, -0.25) is 0 Å².